The zero-order valence-electron chi connectivity index (χ0n) is 12.0. The van der Waals surface area contributed by atoms with Crippen LogP contribution in [0.4, 0.5) is 5.82 Å². The molecule has 0 unspecified atom stereocenters. The maximum atomic E-state index is 12.0. The molecule has 0 aromatic carbocycles. The highest BCUT2D eigenvalue weighted by Crippen LogP contribution is 2.30. The Kier molecular flexibility index (Phi) is 6.53. The van der Waals surface area contributed by atoms with Gasteiger partial charge in [0.05, 0.1) is 6.61 Å². The molecule has 2 rings (SSSR count). The van der Waals surface area contributed by atoms with E-state index in [1.54, 1.807) is 12.3 Å². The number of hydrogen-bond acceptors (Lipinski definition) is 7. The van der Waals surface area contributed by atoms with Crippen molar-refractivity contribution in [2.45, 2.75) is 24.5 Å². The summed E-state index contributed by atoms with van der Waals surface area (Å²) < 4.78 is 6.96. The maximum absolute atomic E-state index is 12.0. The first kappa shape index (κ1) is 16.6. The predicted octanol–water partition coefficient (Wildman–Crippen LogP) is 1.33. The van der Waals surface area contributed by atoms with Crippen LogP contribution in [0.2, 0.25) is 0 Å². The van der Waals surface area contributed by atoms with Crippen molar-refractivity contribution in [1.29, 1.82) is 0 Å². The highest BCUT2D eigenvalue weighted by atomic mass is 32.2. The van der Waals surface area contributed by atoms with Crippen LogP contribution < -0.4 is 11.0 Å². The van der Waals surface area contributed by atoms with E-state index in [1.165, 1.54) is 16.3 Å². The monoisotopic (exact) mass is 326 g/mol. The van der Waals surface area contributed by atoms with Crippen LogP contribution in [0.15, 0.2) is 22.2 Å². The van der Waals surface area contributed by atoms with Crippen molar-refractivity contribution in [3.05, 3.63) is 33.2 Å². The van der Waals surface area contributed by atoms with E-state index in [4.69, 9.17) is 15.4 Å². The maximum Gasteiger partial charge on any atom is 0.351 e. The molecule has 0 aliphatic carbocycles. The van der Waals surface area contributed by atoms with E-state index in [2.05, 4.69) is 20.3 Å². The van der Waals surface area contributed by atoms with Gasteiger partial charge in [0.1, 0.15) is 17.5 Å². The van der Waals surface area contributed by atoms with Crippen molar-refractivity contribution in [3.8, 4) is 0 Å². The number of aliphatic hydroxyl groups excluding tert-OH is 1. The number of ether oxygens (including phenoxy) is 1. The Morgan fingerprint density at radius 2 is 2.50 bits per heavy atom. The van der Waals surface area contributed by atoms with Gasteiger partial charge in [0, 0.05) is 30.0 Å². The van der Waals surface area contributed by atoms with Crippen molar-refractivity contribution < 1.29 is 9.84 Å². The number of aromatic nitrogens is 2. The number of nitrogens with zero attached hydrogens (tertiary/aromatic N) is 5. The van der Waals surface area contributed by atoms with Crippen molar-refractivity contribution in [2.75, 3.05) is 30.8 Å². The summed E-state index contributed by atoms with van der Waals surface area (Å²) >= 11 is 1.47. The number of hydrogen-bond donors (Lipinski definition) is 2. The van der Waals surface area contributed by atoms with Crippen molar-refractivity contribution in [3.63, 3.8) is 0 Å². The summed E-state index contributed by atoms with van der Waals surface area (Å²) in [4.78, 5) is 18.6. The lowest BCUT2D eigenvalue weighted by molar-refractivity contribution is -0.00629. The van der Waals surface area contributed by atoms with Gasteiger partial charge in [0.25, 0.3) is 0 Å². The lowest BCUT2D eigenvalue weighted by atomic mass is 10.3. The number of thioether (sulfide) groups is 1. The normalized spacial score (nSPS) is 20.6. The van der Waals surface area contributed by atoms with Gasteiger partial charge >= 0.3 is 5.69 Å². The van der Waals surface area contributed by atoms with E-state index < -0.39 is 0 Å². The van der Waals surface area contributed by atoms with Crippen LogP contribution >= 0.6 is 11.8 Å². The molecule has 0 radical (unpaired) electrons. The van der Waals surface area contributed by atoms with Crippen LogP contribution in [0.1, 0.15) is 19.1 Å². The Balaban J connectivity index is 1.84. The molecule has 0 bridgehead atoms. The molecule has 22 heavy (non-hydrogen) atoms. The number of nitrogens with one attached hydrogen (secondary N) is 1. The van der Waals surface area contributed by atoms with Crippen molar-refractivity contribution in [2.24, 2.45) is 5.11 Å². The average Bonchev–Trinajstić information content (AvgIpc) is 2.99. The number of unbranched alkanes of at least 4 members (excludes halogenated alkanes) is 1. The number of azide groups is 1. The molecule has 10 heteroatoms. The lowest BCUT2D eigenvalue weighted by Gasteiger charge is -2.14. The molecule has 2 heterocycles. The van der Waals surface area contributed by atoms with Gasteiger partial charge in [0.2, 0.25) is 0 Å². The molecule has 0 spiro atoms. The summed E-state index contributed by atoms with van der Waals surface area (Å²) in [6.45, 7) is 1.05. The fourth-order valence-electron chi connectivity index (χ4n) is 1.98. The summed E-state index contributed by atoms with van der Waals surface area (Å²) in [5.74, 6) is 1.12. The number of anilines is 1. The third-order valence-corrected chi connectivity index (χ3v) is 4.19. The second kappa shape index (κ2) is 8.64. The molecule has 1 aliphatic rings. The van der Waals surface area contributed by atoms with Gasteiger partial charge < -0.3 is 15.2 Å². The van der Waals surface area contributed by atoms with Crippen LogP contribution in [-0.4, -0.2) is 45.5 Å². The fourth-order valence-corrected chi connectivity index (χ4v) is 2.91. The standard InChI is InChI=1S/C12H18N6O3S/c13-17-15-5-2-1-4-14-9-3-6-18(12(20)16-9)10-8-22-11(7-19)21-10/h3,6,10-11,19H,1-2,4-5,7-8H2,(H,14,16,20)/t10-,11+/m0/s1. The Hall–Kier alpha value is -1.74. The second-order valence-electron chi connectivity index (χ2n) is 4.63. The lowest BCUT2D eigenvalue weighted by Crippen LogP contribution is -2.29. The van der Waals surface area contributed by atoms with E-state index >= 15 is 0 Å². The molecule has 1 fully saturated rings. The Bertz CT molecular complexity index is 588. The first-order valence-electron chi connectivity index (χ1n) is 6.96. The quantitative estimate of drug-likeness (QED) is 0.321. The minimum absolute atomic E-state index is 0.0706. The van der Waals surface area contributed by atoms with Gasteiger partial charge in [-0.05, 0) is 24.4 Å². The highest BCUT2D eigenvalue weighted by Gasteiger charge is 2.27. The summed E-state index contributed by atoms with van der Waals surface area (Å²) in [6.07, 6.45) is 2.86. The second-order valence-corrected chi connectivity index (χ2v) is 5.82. The highest BCUT2D eigenvalue weighted by molar-refractivity contribution is 8.00. The molecule has 2 atom stereocenters. The van der Waals surface area contributed by atoms with Gasteiger partial charge in [0.15, 0.2) is 0 Å². The summed E-state index contributed by atoms with van der Waals surface area (Å²) in [6, 6.07) is 1.72. The molecule has 120 valence electrons. The van der Waals surface area contributed by atoms with Gasteiger partial charge in [-0.3, -0.25) is 4.57 Å². The molecule has 0 saturated carbocycles. The molecule has 1 aliphatic heterocycles. The summed E-state index contributed by atoms with van der Waals surface area (Å²) in [5, 5.41) is 15.5. The van der Waals surface area contributed by atoms with Gasteiger partial charge in [-0.2, -0.15) is 4.98 Å². The van der Waals surface area contributed by atoms with E-state index in [0.717, 1.165) is 12.8 Å². The van der Waals surface area contributed by atoms with Gasteiger partial charge in [-0.1, -0.05) is 5.11 Å². The summed E-state index contributed by atoms with van der Waals surface area (Å²) in [5.41, 5.74) is 7.48. The molecular formula is C12H18N6O3S. The third-order valence-electron chi connectivity index (χ3n) is 3.08. The number of rotatable bonds is 8. The SMILES string of the molecule is [N-]=[N+]=NCCCCNc1ccn([C@@H]2CS[C@H](CO)O2)c(=O)n1. The van der Waals surface area contributed by atoms with E-state index in [1.807, 2.05) is 0 Å². The van der Waals surface area contributed by atoms with Crippen molar-refractivity contribution >= 4 is 17.6 Å². The minimum Gasteiger partial charge on any atom is -0.393 e. The smallest absolute Gasteiger partial charge is 0.351 e. The molecular weight excluding hydrogens is 308 g/mol. The molecule has 1 saturated heterocycles. The molecule has 2 N–H and O–H groups in total. The van der Waals surface area contributed by atoms with Crippen LogP contribution in [0.25, 0.3) is 10.4 Å². The molecule has 9 nitrogen and oxygen atoms in total. The molecule has 1 aromatic heterocycles. The van der Waals surface area contributed by atoms with Crippen LogP contribution in [0, 0.1) is 0 Å². The topological polar surface area (TPSA) is 125 Å². The first-order chi connectivity index (χ1) is 10.7. The third kappa shape index (κ3) is 4.63. The molecule has 1 aromatic rings. The predicted molar refractivity (Wildman–Crippen MR) is 83.7 cm³/mol. The van der Waals surface area contributed by atoms with Crippen LogP contribution in [0.3, 0.4) is 0 Å². The fraction of sp³-hybridized carbons (Fsp3) is 0.667. The van der Waals surface area contributed by atoms with Crippen LogP contribution in [-0.2, 0) is 4.74 Å². The minimum atomic E-state index is -0.389. The zero-order chi connectivity index (χ0) is 15.8. The van der Waals surface area contributed by atoms with Crippen LogP contribution in [0.5, 0.6) is 0 Å². The summed E-state index contributed by atoms with van der Waals surface area (Å²) in [7, 11) is 0. The van der Waals surface area contributed by atoms with E-state index in [-0.39, 0.29) is 24.0 Å². The van der Waals surface area contributed by atoms with E-state index in [0.29, 0.717) is 24.7 Å². The zero-order valence-corrected chi connectivity index (χ0v) is 12.8. The number of aliphatic hydroxyl groups is 1. The van der Waals surface area contributed by atoms with Gasteiger partial charge in [-0.25, -0.2) is 4.79 Å². The van der Waals surface area contributed by atoms with Crippen molar-refractivity contribution in [1.82, 2.24) is 9.55 Å². The Labute approximate surface area is 131 Å². The Morgan fingerprint density at radius 1 is 1.64 bits per heavy atom. The molecule has 0 amide bonds. The largest absolute Gasteiger partial charge is 0.393 e. The van der Waals surface area contributed by atoms with Gasteiger partial charge in [-0.15, -0.1) is 11.8 Å². The average molecular weight is 326 g/mol. The Morgan fingerprint density at radius 3 is 3.18 bits per heavy atom. The first-order valence-corrected chi connectivity index (χ1v) is 8.01. The van der Waals surface area contributed by atoms with E-state index in [9.17, 15) is 4.79 Å².